The third kappa shape index (κ3) is 2.68. The van der Waals surface area contributed by atoms with Crippen molar-refractivity contribution in [2.24, 2.45) is 0 Å². The smallest absolute Gasteiger partial charge is 0.274 e. The Bertz CT molecular complexity index is 554. The van der Waals surface area contributed by atoms with Crippen molar-refractivity contribution in [3.63, 3.8) is 0 Å². The molecule has 1 saturated heterocycles. The van der Waals surface area contributed by atoms with Gasteiger partial charge in [0.15, 0.2) is 15.3 Å². The van der Waals surface area contributed by atoms with Gasteiger partial charge in [-0.3, -0.25) is 10.1 Å². The first-order valence-corrected chi connectivity index (χ1v) is 7.28. The first kappa shape index (κ1) is 13.0. The van der Waals surface area contributed by atoms with E-state index in [2.05, 4.69) is 0 Å². The van der Waals surface area contributed by atoms with Crippen LogP contribution in [-0.2, 0) is 21.2 Å². The predicted octanol–water partition coefficient (Wildman–Crippen LogP) is 1.65. The van der Waals surface area contributed by atoms with E-state index in [4.69, 9.17) is 4.74 Å². The fraction of sp³-hybridized carbons (Fsp3) is 0.455. The molecule has 0 spiro atoms. The Morgan fingerprint density at radius 1 is 1.39 bits per heavy atom. The van der Waals surface area contributed by atoms with E-state index in [1.54, 1.807) is 18.2 Å². The van der Waals surface area contributed by atoms with Gasteiger partial charge in [0.25, 0.3) is 5.69 Å². The minimum atomic E-state index is -3.18. The molecule has 1 fully saturated rings. The fourth-order valence-corrected chi connectivity index (χ4v) is 3.58. The van der Waals surface area contributed by atoms with Gasteiger partial charge in [-0.2, -0.15) is 0 Å². The quantitative estimate of drug-likeness (QED) is 0.613. The van der Waals surface area contributed by atoms with Crippen LogP contribution in [0.4, 0.5) is 5.69 Å². The van der Waals surface area contributed by atoms with E-state index >= 15 is 0 Å². The Kier molecular flexibility index (Phi) is 3.63. The average molecular weight is 271 g/mol. The Morgan fingerprint density at radius 3 is 2.72 bits per heavy atom. The van der Waals surface area contributed by atoms with Crippen LogP contribution in [0.15, 0.2) is 24.3 Å². The number of benzene rings is 1. The summed E-state index contributed by atoms with van der Waals surface area (Å²) >= 11 is 0. The number of nitrogens with zero attached hydrogens (tertiary/aromatic N) is 1. The molecule has 1 atom stereocenters. The van der Waals surface area contributed by atoms with E-state index in [1.807, 2.05) is 0 Å². The third-order valence-electron chi connectivity index (χ3n) is 2.88. The highest BCUT2D eigenvalue weighted by Crippen LogP contribution is 2.24. The van der Waals surface area contributed by atoms with Crippen LogP contribution in [0.2, 0.25) is 0 Å². The summed E-state index contributed by atoms with van der Waals surface area (Å²) in [4.78, 5) is 10.3. The van der Waals surface area contributed by atoms with Crippen LogP contribution in [0.5, 0.6) is 0 Å². The van der Waals surface area contributed by atoms with Crippen molar-refractivity contribution in [3.05, 3.63) is 39.9 Å². The van der Waals surface area contributed by atoms with Crippen LogP contribution in [0.1, 0.15) is 18.4 Å². The average Bonchev–Trinajstić information content (AvgIpc) is 2.66. The number of nitro groups is 1. The molecule has 1 unspecified atom stereocenters. The van der Waals surface area contributed by atoms with Crippen molar-refractivity contribution in [1.29, 1.82) is 0 Å². The van der Waals surface area contributed by atoms with E-state index < -0.39 is 20.2 Å². The molecule has 6 nitrogen and oxygen atoms in total. The number of nitro benzene ring substituents is 1. The minimum absolute atomic E-state index is 0.0482. The molecule has 0 bridgehead atoms. The predicted molar refractivity (Wildman–Crippen MR) is 64.7 cm³/mol. The molecule has 1 aliphatic rings. The largest absolute Gasteiger partial charge is 0.357 e. The zero-order chi connectivity index (χ0) is 13.2. The molecule has 1 aliphatic heterocycles. The number of sulfone groups is 1. The minimum Gasteiger partial charge on any atom is -0.357 e. The van der Waals surface area contributed by atoms with Crippen LogP contribution in [0.3, 0.4) is 0 Å². The number of ether oxygens (including phenoxy) is 1. The van der Waals surface area contributed by atoms with Gasteiger partial charge in [0.1, 0.15) is 0 Å². The summed E-state index contributed by atoms with van der Waals surface area (Å²) < 4.78 is 28.4. The zero-order valence-electron chi connectivity index (χ0n) is 9.61. The van der Waals surface area contributed by atoms with Crippen molar-refractivity contribution in [2.45, 2.75) is 24.9 Å². The maximum Gasteiger partial charge on any atom is 0.274 e. The molecule has 1 heterocycles. The van der Waals surface area contributed by atoms with Crippen LogP contribution in [-0.4, -0.2) is 24.5 Å². The molecule has 0 radical (unpaired) electrons. The molecule has 1 aromatic rings. The number of hydrogen-bond donors (Lipinski definition) is 0. The molecule has 0 aromatic heterocycles. The highest BCUT2D eigenvalue weighted by Gasteiger charge is 2.32. The van der Waals surface area contributed by atoms with Gasteiger partial charge in [-0.05, 0) is 18.9 Å². The Hall–Kier alpha value is -1.47. The van der Waals surface area contributed by atoms with E-state index in [9.17, 15) is 18.5 Å². The van der Waals surface area contributed by atoms with Gasteiger partial charge in [-0.15, -0.1) is 0 Å². The highest BCUT2D eigenvalue weighted by atomic mass is 32.2. The molecule has 18 heavy (non-hydrogen) atoms. The fourth-order valence-electron chi connectivity index (χ4n) is 1.94. The van der Waals surface area contributed by atoms with Gasteiger partial charge in [0, 0.05) is 6.07 Å². The monoisotopic (exact) mass is 271 g/mol. The summed E-state index contributed by atoms with van der Waals surface area (Å²) in [6.07, 6.45) is 1.05. The van der Waals surface area contributed by atoms with Gasteiger partial charge in [-0.25, -0.2) is 8.42 Å². The Labute approximate surface area is 105 Å². The molecular formula is C11H13NO5S. The van der Waals surface area contributed by atoms with E-state index in [1.165, 1.54) is 6.07 Å². The van der Waals surface area contributed by atoms with E-state index in [-0.39, 0.29) is 18.0 Å². The van der Waals surface area contributed by atoms with E-state index in [0.29, 0.717) is 18.4 Å². The van der Waals surface area contributed by atoms with Crippen molar-refractivity contribution >= 4 is 15.5 Å². The number of para-hydroxylation sites is 1. The highest BCUT2D eigenvalue weighted by molar-refractivity contribution is 7.92. The van der Waals surface area contributed by atoms with Crippen molar-refractivity contribution in [1.82, 2.24) is 0 Å². The molecule has 7 heteroatoms. The molecule has 0 N–H and O–H groups in total. The van der Waals surface area contributed by atoms with Crippen molar-refractivity contribution in [3.8, 4) is 0 Å². The molecular weight excluding hydrogens is 258 g/mol. The van der Waals surface area contributed by atoms with Crippen LogP contribution in [0, 0.1) is 10.1 Å². The standard InChI is InChI=1S/C11H13NO5S/c13-12(14)10-5-2-1-4-9(10)8-17-11-6-3-7-18(11,15)16/h1-2,4-5,11H,3,6-8H2. The lowest BCUT2D eigenvalue weighted by molar-refractivity contribution is -0.386. The van der Waals surface area contributed by atoms with Gasteiger partial charge < -0.3 is 4.74 Å². The first-order valence-electron chi connectivity index (χ1n) is 5.56. The second-order valence-corrected chi connectivity index (χ2v) is 6.40. The van der Waals surface area contributed by atoms with Crippen LogP contribution < -0.4 is 0 Å². The van der Waals surface area contributed by atoms with E-state index in [0.717, 1.165) is 0 Å². The summed E-state index contributed by atoms with van der Waals surface area (Å²) in [5.74, 6) is 0.133. The van der Waals surface area contributed by atoms with Crippen LogP contribution in [0.25, 0.3) is 0 Å². The molecule has 0 aliphatic carbocycles. The lowest BCUT2D eigenvalue weighted by Crippen LogP contribution is -2.19. The van der Waals surface area contributed by atoms with Crippen molar-refractivity contribution in [2.75, 3.05) is 5.75 Å². The second kappa shape index (κ2) is 5.03. The SMILES string of the molecule is O=[N+]([O-])c1ccccc1COC1CCCS1(=O)=O. The Morgan fingerprint density at radius 2 is 2.11 bits per heavy atom. The molecule has 0 amide bonds. The zero-order valence-corrected chi connectivity index (χ0v) is 10.4. The molecule has 2 rings (SSSR count). The molecule has 0 saturated carbocycles. The summed E-state index contributed by atoms with van der Waals surface area (Å²) in [7, 11) is -3.18. The summed E-state index contributed by atoms with van der Waals surface area (Å²) in [6, 6.07) is 6.17. The van der Waals surface area contributed by atoms with Gasteiger partial charge >= 0.3 is 0 Å². The summed E-state index contributed by atoms with van der Waals surface area (Å²) in [5, 5.41) is 10.8. The lowest BCUT2D eigenvalue weighted by Gasteiger charge is -2.11. The Balaban J connectivity index is 2.09. The molecule has 1 aromatic carbocycles. The second-order valence-electron chi connectivity index (χ2n) is 4.14. The molecule has 98 valence electrons. The first-order chi connectivity index (χ1) is 8.50. The van der Waals surface area contributed by atoms with Gasteiger partial charge in [0.05, 0.1) is 22.8 Å². The summed E-state index contributed by atoms with van der Waals surface area (Å²) in [6.45, 7) is -0.0545. The van der Waals surface area contributed by atoms with Gasteiger partial charge in [-0.1, -0.05) is 12.1 Å². The van der Waals surface area contributed by atoms with Crippen molar-refractivity contribution < 1.29 is 18.1 Å². The number of rotatable bonds is 4. The maximum atomic E-state index is 11.5. The normalized spacial score (nSPS) is 21.9. The van der Waals surface area contributed by atoms with Gasteiger partial charge in [0.2, 0.25) is 0 Å². The maximum absolute atomic E-state index is 11.5. The topological polar surface area (TPSA) is 86.5 Å². The number of hydrogen-bond acceptors (Lipinski definition) is 5. The van der Waals surface area contributed by atoms with Crippen LogP contribution >= 0.6 is 0 Å². The summed E-state index contributed by atoms with van der Waals surface area (Å²) in [5.41, 5.74) is -0.477. The lowest BCUT2D eigenvalue weighted by atomic mass is 10.2. The third-order valence-corrected chi connectivity index (χ3v) is 4.91.